The van der Waals surface area contributed by atoms with Gasteiger partial charge < -0.3 is 9.84 Å². The molecule has 0 atom stereocenters. The van der Waals surface area contributed by atoms with E-state index in [-0.39, 0.29) is 11.5 Å². The molecule has 0 saturated carbocycles. The van der Waals surface area contributed by atoms with E-state index in [9.17, 15) is 18.3 Å². The highest BCUT2D eigenvalue weighted by atomic mass is 19.4. The second-order valence-corrected chi connectivity index (χ2v) is 3.86. The van der Waals surface area contributed by atoms with E-state index < -0.39 is 6.36 Å². The minimum atomic E-state index is -4.71. The average Bonchev–Trinajstić information content (AvgIpc) is 2.38. The Morgan fingerprint density at radius 3 is 2.25 bits per heavy atom. The fourth-order valence-corrected chi connectivity index (χ4v) is 1.47. The maximum atomic E-state index is 12.0. The van der Waals surface area contributed by atoms with Gasteiger partial charge in [0.05, 0.1) is 5.69 Å². The molecule has 6 heteroatoms. The van der Waals surface area contributed by atoms with Gasteiger partial charge in [-0.15, -0.1) is 13.2 Å². The van der Waals surface area contributed by atoms with Crippen molar-refractivity contribution in [1.82, 2.24) is 0 Å². The molecule has 0 aromatic heterocycles. The van der Waals surface area contributed by atoms with E-state index in [1.165, 1.54) is 36.5 Å². The van der Waals surface area contributed by atoms with Gasteiger partial charge in [-0.25, -0.2) is 0 Å². The lowest BCUT2D eigenvalue weighted by Crippen LogP contribution is -2.16. The Hall–Kier alpha value is -2.50. The molecular weight excluding hydrogens is 271 g/mol. The highest BCUT2D eigenvalue weighted by Crippen LogP contribution is 2.25. The van der Waals surface area contributed by atoms with Crippen LogP contribution in [0, 0.1) is 0 Å². The number of hydrogen-bond donors (Lipinski definition) is 1. The van der Waals surface area contributed by atoms with Gasteiger partial charge in [-0.05, 0) is 36.4 Å². The minimum Gasteiger partial charge on any atom is -0.507 e. The van der Waals surface area contributed by atoms with Crippen molar-refractivity contribution in [2.75, 3.05) is 0 Å². The molecule has 1 N–H and O–H groups in total. The molecule has 3 nitrogen and oxygen atoms in total. The van der Waals surface area contributed by atoms with Crippen LogP contribution in [0.15, 0.2) is 53.5 Å². The number of phenolic OH excluding ortho intramolecular Hbond substituents is 1. The first-order valence-electron chi connectivity index (χ1n) is 5.62. The summed E-state index contributed by atoms with van der Waals surface area (Å²) in [6.07, 6.45) is -3.28. The van der Waals surface area contributed by atoms with Crippen molar-refractivity contribution in [3.8, 4) is 11.5 Å². The van der Waals surface area contributed by atoms with Gasteiger partial charge in [0.25, 0.3) is 0 Å². The highest BCUT2D eigenvalue weighted by molar-refractivity contribution is 5.85. The Kier molecular flexibility index (Phi) is 3.93. The molecular formula is C14H10F3NO2. The first kappa shape index (κ1) is 13.9. The van der Waals surface area contributed by atoms with Crippen LogP contribution in [0.3, 0.4) is 0 Å². The van der Waals surface area contributed by atoms with Crippen LogP contribution in [0.2, 0.25) is 0 Å². The number of halogens is 3. The van der Waals surface area contributed by atoms with Gasteiger partial charge in [0.2, 0.25) is 0 Å². The number of ether oxygens (including phenoxy) is 1. The van der Waals surface area contributed by atoms with Crippen LogP contribution in [0.25, 0.3) is 0 Å². The number of alkyl halides is 3. The van der Waals surface area contributed by atoms with Crippen molar-refractivity contribution in [2.24, 2.45) is 4.99 Å². The summed E-state index contributed by atoms with van der Waals surface area (Å²) in [5, 5.41) is 9.52. The number of para-hydroxylation sites is 1. The molecule has 0 fully saturated rings. The molecule has 0 unspecified atom stereocenters. The summed E-state index contributed by atoms with van der Waals surface area (Å²) in [6.45, 7) is 0. The molecule has 104 valence electrons. The Morgan fingerprint density at radius 2 is 1.65 bits per heavy atom. The maximum absolute atomic E-state index is 12.0. The fraction of sp³-hybridized carbons (Fsp3) is 0.0714. The van der Waals surface area contributed by atoms with Crippen LogP contribution in [-0.4, -0.2) is 17.7 Å². The number of rotatable bonds is 3. The molecule has 0 bridgehead atoms. The number of benzene rings is 2. The third kappa shape index (κ3) is 4.01. The number of aromatic hydroxyl groups is 1. The normalized spacial score (nSPS) is 11.8. The van der Waals surface area contributed by atoms with Gasteiger partial charge in [0.15, 0.2) is 0 Å². The van der Waals surface area contributed by atoms with Crippen LogP contribution in [0.1, 0.15) is 5.56 Å². The summed E-state index contributed by atoms with van der Waals surface area (Å²) in [7, 11) is 0. The predicted molar refractivity (Wildman–Crippen MR) is 68.5 cm³/mol. The lowest BCUT2D eigenvalue weighted by molar-refractivity contribution is -0.274. The predicted octanol–water partition coefficient (Wildman–Crippen LogP) is 4.04. The standard InChI is InChI=1S/C14H10F3NO2/c15-14(16,17)20-12-7-5-11(6-8-12)18-9-10-3-1-2-4-13(10)19/h1-9,19H. The number of hydrogen-bond acceptors (Lipinski definition) is 3. The third-order valence-corrected chi connectivity index (χ3v) is 2.36. The van der Waals surface area contributed by atoms with Crippen LogP contribution >= 0.6 is 0 Å². The third-order valence-electron chi connectivity index (χ3n) is 2.36. The van der Waals surface area contributed by atoms with Crippen molar-refractivity contribution < 1.29 is 23.0 Å². The van der Waals surface area contributed by atoms with Crippen LogP contribution in [0.4, 0.5) is 18.9 Å². The van der Waals surface area contributed by atoms with Crippen molar-refractivity contribution in [1.29, 1.82) is 0 Å². The second-order valence-electron chi connectivity index (χ2n) is 3.86. The number of aliphatic imine (C=N–C) groups is 1. The van der Waals surface area contributed by atoms with Crippen molar-refractivity contribution in [2.45, 2.75) is 6.36 Å². The van der Waals surface area contributed by atoms with Gasteiger partial charge in [-0.2, -0.15) is 0 Å². The Labute approximate surface area is 113 Å². The molecule has 2 rings (SSSR count). The van der Waals surface area contributed by atoms with E-state index in [2.05, 4.69) is 9.73 Å². The smallest absolute Gasteiger partial charge is 0.507 e. The summed E-state index contributed by atoms with van der Waals surface area (Å²) in [5.41, 5.74) is 0.964. The van der Waals surface area contributed by atoms with Crippen LogP contribution < -0.4 is 4.74 Å². The van der Waals surface area contributed by atoms with E-state index >= 15 is 0 Å². The topological polar surface area (TPSA) is 41.8 Å². The first-order chi connectivity index (χ1) is 9.44. The summed E-state index contributed by atoms with van der Waals surface area (Å²) in [5.74, 6) is -0.229. The zero-order valence-electron chi connectivity index (χ0n) is 10.1. The summed E-state index contributed by atoms with van der Waals surface area (Å²) < 4.78 is 39.7. The molecule has 0 saturated heterocycles. The molecule has 0 amide bonds. The van der Waals surface area contributed by atoms with E-state index in [4.69, 9.17) is 0 Å². The summed E-state index contributed by atoms with van der Waals surface area (Å²) in [6, 6.07) is 11.7. The molecule has 0 aliphatic carbocycles. The van der Waals surface area contributed by atoms with Crippen LogP contribution in [0.5, 0.6) is 11.5 Å². The molecule has 0 heterocycles. The zero-order valence-corrected chi connectivity index (χ0v) is 10.1. The van der Waals surface area contributed by atoms with Crippen molar-refractivity contribution >= 4 is 11.9 Å². The quantitative estimate of drug-likeness (QED) is 0.863. The van der Waals surface area contributed by atoms with Crippen molar-refractivity contribution in [3.05, 3.63) is 54.1 Å². The number of nitrogens with zero attached hydrogens (tertiary/aromatic N) is 1. The van der Waals surface area contributed by atoms with Gasteiger partial charge in [-0.3, -0.25) is 4.99 Å². The van der Waals surface area contributed by atoms with Gasteiger partial charge in [0, 0.05) is 11.8 Å². The zero-order chi connectivity index (χ0) is 14.6. The van der Waals surface area contributed by atoms with E-state index in [1.807, 2.05) is 0 Å². The monoisotopic (exact) mass is 281 g/mol. The SMILES string of the molecule is Oc1ccccc1C=Nc1ccc(OC(F)(F)F)cc1. The molecule has 0 aliphatic heterocycles. The molecule has 2 aromatic carbocycles. The maximum Gasteiger partial charge on any atom is 0.573 e. The molecule has 2 aromatic rings. The van der Waals surface area contributed by atoms with E-state index in [0.717, 1.165) is 0 Å². The average molecular weight is 281 g/mol. The van der Waals surface area contributed by atoms with Crippen molar-refractivity contribution in [3.63, 3.8) is 0 Å². The van der Waals surface area contributed by atoms with E-state index in [0.29, 0.717) is 11.3 Å². The molecule has 0 spiro atoms. The Morgan fingerprint density at radius 1 is 1.00 bits per heavy atom. The second kappa shape index (κ2) is 5.64. The Balaban J connectivity index is 2.10. The molecule has 0 aliphatic rings. The summed E-state index contributed by atoms with van der Waals surface area (Å²) in [4.78, 5) is 4.05. The summed E-state index contributed by atoms with van der Waals surface area (Å²) >= 11 is 0. The van der Waals surface area contributed by atoms with E-state index in [1.54, 1.807) is 18.2 Å². The lowest BCUT2D eigenvalue weighted by Gasteiger charge is -2.08. The first-order valence-corrected chi connectivity index (χ1v) is 5.62. The minimum absolute atomic E-state index is 0.0771. The van der Waals surface area contributed by atoms with Gasteiger partial charge in [-0.1, -0.05) is 12.1 Å². The van der Waals surface area contributed by atoms with Gasteiger partial charge >= 0.3 is 6.36 Å². The Bertz CT molecular complexity index is 607. The van der Waals surface area contributed by atoms with Crippen LogP contribution in [-0.2, 0) is 0 Å². The lowest BCUT2D eigenvalue weighted by atomic mass is 10.2. The highest BCUT2D eigenvalue weighted by Gasteiger charge is 2.30. The largest absolute Gasteiger partial charge is 0.573 e. The fourth-order valence-electron chi connectivity index (χ4n) is 1.47. The van der Waals surface area contributed by atoms with Gasteiger partial charge in [0.1, 0.15) is 11.5 Å². The number of phenols is 1. The molecule has 0 radical (unpaired) electrons. The molecule has 20 heavy (non-hydrogen) atoms.